The van der Waals surface area contributed by atoms with E-state index in [0.717, 1.165) is 17.4 Å². The number of pyridine rings is 2. The second-order valence-corrected chi connectivity index (χ2v) is 12.9. The third-order valence-corrected chi connectivity index (χ3v) is 9.50. The lowest BCUT2D eigenvalue weighted by molar-refractivity contribution is -0.256. The van der Waals surface area contributed by atoms with Gasteiger partial charge in [-0.1, -0.05) is 13.8 Å². The van der Waals surface area contributed by atoms with Crippen LogP contribution in [0.3, 0.4) is 0 Å². The highest BCUT2D eigenvalue weighted by Gasteiger charge is 2.72. The van der Waals surface area contributed by atoms with Crippen molar-refractivity contribution in [3.63, 3.8) is 0 Å². The third kappa shape index (κ3) is 5.30. The Morgan fingerprint density at radius 1 is 1.07 bits per heavy atom. The molecule has 0 spiro atoms. The minimum absolute atomic E-state index is 0.0227. The number of imide groups is 1. The van der Waals surface area contributed by atoms with Crippen molar-refractivity contribution in [2.45, 2.75) is 39.7 Å². The molecular formula is C28H23F6N5O5S. The number of anilines is 1. The normalized spacial score (nSPS) is 21.6. The molecule has 45 heavy (non-hydrogen) atoms. The van der Waals surface area contributed by atoms with E-state index in [2.05, 4.69) is 20.1 Å². The Bertz CT molecular complexity index is 1760. The summed E-state index contributed by atoms with van der Waals surface area (Å²) in [5.41, 5.74) is -1.24. The highest BCUT2D eigenvalue weighted by molar-refractivity contribution is 7.19. The minimum Gasteiger partial charge on any atom is -0.361 e. The zero-order valence-corrected chi connectivity index (χ0v) is 24.5. The van der Waals surface area contributed by atoms with Crippen LogP contribution < -0.4 is 5.32 Å². The standard InChI is InChI=1S/C28H23F6N5O5S/c1-11-20(37-22(40)12-8-38(9-12)44-25(43)28(32,33)34)15(7-17(36-11)27(29,30)31)14-4-5-35-16-6-13(45-21(14)16)10-39-23(41)18-19(24(39)42)26(18,2)3/h4-7,12,18-19H,8-10H2,1-3H3,(H,37,40). The van der Waals surface area contributed by atoms with Gasteiger partial charge in [-0.05, 0) is 30.5 Å². The molecule has 5 heterocycles. The third-order valence-electron chi connectivity index (χ3n) is 8.36. The van der Waals surface area contributed by atoms with E-state index in [-0.39, 0.29) is 71.2 Å². The van der Waals surface area contributed by atoms with Gasteiger partial charge in [-0.15, -0.1) is 16.4 Å². The molecular weight excluding hydrogens is 632 g/mol. The van der Waals surface area contributed by atoms with Crippen molar-refractivity contribution >= 4 is 50.9 Å². The van der Waals surface area contributed by atoms with Crippen molar-refractivity contribution in [1.82, 2.24) is 19.9 Å². The Hall–Kier alpha value is -4.12. The predicted molar refractivity (Wildman–Crippen MR) is 145 cm³/mol. The molecule has 1 aliphatic carbocycles. The van der Waals surface area contributed by atoms with Gasteiger partial charge >= 0.3 is 18.3 Å². The summed E-state index contributed by atoms with van der Waals surface area (Å²) in [6.07, 6.45) is -8.69. The van der Waals surface area contributed by atoms with Crippen LogP contribution in [0, 0.1) is 30.1 Å². The van der Waals surface area contributed by atoms with E-state index < -0.39 is 35.8 Å². The van der Waals surface area contributed by atoms with Gasteiger partial charge in [0.15, 0.2) is 0 Å². The van der Waals surface area contributed by atoms with Gasteiger partial charge in [0.25, 0.3) is 0 Å². The van der Waals surface area contributed by atoms with E-state index >= 15 is 0 Å². The van der Waals surface area contributed by atoms with Gasteiger partial charge in [0.1, 0.15) is 5.69 Å². The van der Waals surface area contributed by atoms with Gasteiger partial charge in [0, 0.05) is 35.3 Å². The molecule has 0 radical (unpaired) electrons. The number of likely N-dealkylation sites (tertiary alicyclic amines) is 1. The van der Waals surface area contributed by atoms with Gasteiger partial charge in [-0.3, -0.25) is 24.3 Å². The molecule has 0 aromatic carbocycles. The van der Waals surface area contributed by atoms with Gasteiger partial charge < -0.3 is 10.2 Å². The monoisotopic (exact) mass is 655 g/mol. The van der Waals surface area contributed by atoms with Crippen LogP contribution in [0.2, 0.25) is 0 Å². The number of hydrogen-bond acceptors (Lipinski definition) is 9. The fourth-order valence-electron chi connectivity index (χ4n) is 5.85. The molecule has 6 rings (SSSR count). The number of piperidine rings is 1. The molecule has 3 aromatic rings. The molecule has 2 atom stereocenters. The molecule has 2 saturated heterocycles. The lowest BCUT2D eigenvalue weighted by atomic mass is 9.99. The summed E-state index contributed by atoms with van der Waals surface area (Å²) in [5, 5.41) is 3.20. The number of carbonyl (C=O) groups excluding carboxylic acids is 4. The summed E-state index contributed by atoms with van der Waals surface area (Å²) in [7, 11) is 0. The number of nitrogens with zero attached hydrogens (tertiary/aromatic N) is 4. The van der Waals surface area contributed by atoms with Crippen molar-refractivity contribution in [2.75, 3.05) is 18.4 Å². The van der Waals surface area contributed by atoms with Crippen molar-refractivity contribution in [3.05, 3.63) is 40.7 Å². The molecule has 10 nitrogen and oxygen atoms in total. The number of carbonyl (C=O) groups is 4. The van der Waals surface area contributed by atoms with E-state index in [1.165, 1.54) is 24.1 Å². The number of thiophene rings is 1. The van der Waals surface area contributed by atoms with Crippen LogP contribution in [0.15, 0.2) is 24.4 Å². The first-order valence-electron chi connectivity index (χ1n) is 13.5. The lowest BCUT2D eigenvalue weighted by Gasteiger charge is -2.36. The smallest absolute Gasteiger partial charge is 0.361 e. The molecule has 3 fully saturated rings. The summed E-state index contributed by atoms with van der Waals surface area (Å²) in [6, 6.07) is 3.87. The minimum atomic E-state index is -5.22. The van der Waals surface area contributed by atoms with Crippen molar-refractivity contribution < 1.29 is 50.4 Å². The fraction of sp³-hybridized carbons (Fsp3) is 0.429. The molecule has 1 saturated carbocycles. The number of fused-ring (bicyclic) bond motifs is 2. The SMILES string of the molecule is Cc1nc(C(F)(F)F)cc(-c2ccnc3cc(CN4C(=O)C5C(C4=O)C5(C)C)sc23)c1NC(=O)C1CN(OC(=O)C(F)(F)F)C1. The average molecular weight is 656 g/mol. The van der Waals surface area contributed by atoms with Crippen LogP contribution in [0.4, 0.5) is 32.0 Å². The Labute approximate surface area is 254 Å². The van der Waals surface area contributed by atoms with Crippen molar-refractivity contribution in [1.29, 1.82) is 0 Å². The summed E-state index contributed by atoms with van der Waals surface area (Å²) in [4.78, 5) is 63.6. The van der Waals surface area contributed by atoms with E-state index in [0.29, 0.717) is 20.2 Å². The maximum absolute atomic E-state index is 13.8. The fourth-order valence-corrected chi connectivity index (χ4v) is 6.98. The lowest BCUT2D eigenvalue weighted by Crippen LogP contribution is -2.53. The first-order chi connectivity index (χ1) is 20.9. The molecule has 0 bridgehead atoms. The van der Waals surface area contributed by atoms with Gasteiger partial charge in [0.05, 0.1) is 45.9 Å². The van der Waals surface area contributed by atoms with Crippen LogP contribution in [-0.2, 0) is 36.7 Å². The molecule has 3 amide bonds. The molecule has 3 aliphatic rings. The largest absolute Gasteiger partial charge is 0.492 e. The molecule has 17 heteroatoms. The van der Waals surface area contributed by atoms with E-state index in [4.69, 9.17) is 0 Å². The zero-order valence-electron chi connectivity index (χ0n) is 23.7. The number of hydroxylamine groups is 2. The maximum atomic E-state index is 13.8. The quantitative estimate of drug-likeness (QED) is 0.299. The van der Waals surface area contributed by atoms with Crippen LogP contribution in [0.25, 0.3) is 21.3 Å². The predicted octanol–water partition coefficient (Wildman–Crippen LogP) is 4.72. The molecule has 3 aromatic heterocycles. The van der Waals surface area contributed by atoms with E-state index in [9.17, 15) is 45.5 Å². The second-order valence-electron chi connectivity index (χ2n) is 11.7. The molecule has 238 valence electrons. The van der Waals surface area contributed by atoms with Gasteiger partial charge in [-0.2, -0.15) is 26.3 Å². The number of aromatic nitrogens is 2. The van der Waals surface area contributed by atoms with Crippen LogP contribution in [-0.4, -0.2) is 62.9 Å². The zero-order chi connectivity index (χ0) is 32.8. The summed E-state index contributed by atoms with van der Waals surface area (Å²) >= 11 is 1.13. The number of aryl methyl sites for hydroxylation is 1. The summed E-state index contributed by atoms with van der Waals surface area (Å²) in [6.45, 7) is 4.23. The Morgan fingerprint density at radius 2 is 1.71 bits per heavy atom. The summed E-state index contributed by atoms with van der Waals surface area (Å²) < 4.78 is 79.3. The van der Waals surface area contributed by atoms with Crippen molar-refractivity contribution in [3.8, 4) is 11.1 Å². The number of amides is 3. The van der Waals surface area contributed by atoms with E-state index in [1.807, 2.05) is 13.8 Å². The Balaban J connectivity index is 1.29. The topological polar surface area (TPSA) is 122 Å². The van der Waals surface area contributed by atoms with Gasteiger partial charge in [0.2, 0.25) is 17.7 Å². The van der Waals surface area contributed by atoms with Crippen molar-refractivity contribution in [2.24, 2.45) is 23.2 Å². The second kappa shape index (κ2) is 10.2. The number of nitrogens with one attached hydrogen (secondary N) is 1. The Morgan fingerprint density at radius 3 is 2.31 bits per heavy atom. The maximum Gasteiger partial charge on any atom is 0.492 e. The molecule has 2 unspecified atom stereocenters. The summed E-state index contributed by atoms with van der Waals surface area (Å²) in [5.74, 6) is -5.40. The molecule has 2 aliphatic heterocycles. The van der Waals surface area contributed by atoms with Crippen LogP contribution in [0.1, 0.15) is 30.1 Å². The average Bonchev–Trinajstić information content (AvgIpc) is 3.14. The Kier molecular flexibility index (Phi) is 7.00. The number of halogens is 6. The molecule has 1 N–H and O–H groups in total. The van der Waals surface area contributed by atoms with Crippen LogP contribution in [0.5, 0.6) is 0 Å². The van der Waals surface area contributed by atoms with E-state index in [1.54, 1.807) is 6.07 Å². The van der Waals surface area contributed by atoms with Gasteiger partial charge in [-0.25, -0.2) is 9.78 Å². The number of alkyl halides is 6. The number of hydrogen-bond donors (Lipinski definition) is 1. The highest BCUT2D eigenvalue weighted by atomic mass is 32.1. The highest BCUT2D eigenvalue weighted by Crippen LogP contribution is 2.63. The number of rotatable bonds is 6. The first-order valence-corrected chi connectivity index (χ1v) is 14.4. The first kappa shape index (κ1) is 30.9. The van der Waals surface area contributed by atoms with Crippen LogP contribution >= 0.6 is 11.3 Å².